The molecule has 10 heteroatoms. The number of rotatable bonds is 6. The van der Waals surface area contributed by atoms with Gasteiger partial charge in [0, 0.05) is 46.2 Å². The second-order valence-electron chi connectivity index (χ2n) is 8.83. The van der Waals surface area contributed by atoms with Gasteiger partial charge in [0.25, 0.3) is 0 Å². The van der Waals surface area contributed by atoms with Gasteiger partial charge in [-0.2, -0.15) is 0 Å². The number of ketones is 1. The third-order valence-corrected chi connectivity index (χ3v) is 7.20. The first-order chi connectivity index (χ1) is 16.6. The van der Waals surface area contributed by atoms with E-state index in [2.05, 4.69) is 5.32 Å². The highest BCUT2D eigenvalue weighted by atomic mass is 32.1. The summed E-state index contributed by atoms with van der Waals surface area (Å²) < 4.78 is 10.7. The van der Waals surface area contributed by atoms with Crippen molar-refractivity contribution in [2.45, 2.75) is 51.6 Å². The maximum atomic E-state index is 13.6. The first-order valence-electron chi connectivity index (χ1n) is 11.2. The number of nitro benzene ring substituents is 1. The molecule has 2 aromatic rings. The molecule has 0 spiro atoms. The van der Waals surface area contributed by atoms with Crippen LogP contribution >= 0.6 is 11.3 Å². The largest absolute Gasteiger partial charge is 0.500 e. The van der Waals surface area contributed by atoms with E-state index in [9.17, 15) is 24.8 Å². The zero-order valence-electron chi connectivity index (χ0n) is 19.8. The van der Waals surface area contributed by atoms with E-state index in [4.69, 9.17) is 9.47 Å². The fourth-order valence-electron chi connectivity index (χ4n) is 4.72. The molecule has 0 bridgehead atoms. The summed E-state index contributed by atoms with van der Waals surface area (Å²) in [6, 6.07) is 6.56. The van der Waals surface area contributed by atoms with Gasteiger partial charge in [0.05, 0.1) is 23.7 Å². The molecule has 0 saturated carbocycles. The van der Waals surface area contributed by atoms with Crippen LogP contribution in [-0.4, -0.2) is 35.0 Å². The third-order valence-electron chi connectivity index (χ3n) is 6.16. The molecule has 2 atom stereocenters. The summed E-state index contributed by atoms with van der Waals surface area (Å²) in [6.45, 7) is 5.16. The molecule has 2 heterocycles. The number of carbonyl (C=O) groups is 2. The fraction of sp³-hybridized carbons (Fsp3) is 0.360. The van der Waals surface area contributed by atoms with Crippen molar-refractivity contribution in [1.82, 2.24) is 5.32 Å². The van der Waals surface area contributed by atoms with Crippen LogP contribution < -0.4 is 10.1 Å². The van der Waals surface area contributed by atoms with Gasteiger partial charge in [-0.05, 0) is 50.3 Å². The Hall–Kier alpha value is -3.66. The summed E-state index contributed by atoms with van der Waals surface area (Å²) in [5.74, 6) is -2.44. The number of allylic oxidation sites excluding steroid dienone is 3. The van der Waals surface area contributed by atoms with Crippen LogP contribution in [0.25, 0.3) is 0 Å². The number of hydrogen-bond donors (Lipinski definition) is 2. The molecular weight excluding hydrogens is 472 g/mol. The van der Waals surface area contributed by atoms with Gasteiger partial charge in [-0.1, -0.05) is 6.07 Å². The van der Waals surface area contributed by atoms with Gasteiger partial charge in [0.15, 0.2) is 11.5 Å². The van der Waals surface area contributed by atoms with Crippen molar-refractivity contribution in [1.29, 1.82) is 0 Å². The Balaban J connectivity index is 1.91. The highest BCUT2D eigenvalue weighted by Gasteiger charge is 2.42. The topological polar surface area (TPSA) is 128 Å². The standard InChI is InChI=1S/C25H26N2O7S/c1-12(2)34-25(30)21-13(3)26-16-8-14(20-6-5-7-35-20)10-18(28)23(16)22(21)15-9-17(27(31)32)24(29)19(11-15)33-4/h5-7,9,11-12,14,22,26,29H,8,10H2,1-4H3/t14-,22+/m1/s1. The normalized spacial score (nSPS) is 20.0. The number of aromatic hydroxyl groups is 1. The number of carbonyl (C=O) groups excluding carboxylic acids is 2. The van der Waals surface area contributed by atoms with Crippen LogP contribution in [0.5, 0.6) is 11.5 Å². The van der Waals surface area contributed by atoms with Crippen LogP contribution in [0.3, 0.4) is 0 Å². The Morgan fingerprint density at radius 3 is 2.66 bits per heavy atom. The lowest BCUT2D eigenvalue weighted by molar-refractivity contribution is -0.386. The molecule has 0 radical (unpaired) electrons. The molecule has 0 amide bonds. The summed E-state index contributed by atoms with van der Waals surface area (Å²) >= 11 is 1.58. The Morgan fingerprint density at radius 2 is 2.06 bits per heavy atom. The molecular formula is C25H26N2O7S. The number of hydrogen-bond acceptors (Lipinski definition) is 9. The molecule has 1 aromatic heterocycles. The van der Waals surface area contributed by atoms with E-state index in [0.717, 1.165) is 4.88 Å². The molecule has 2 N–H and O–H groups in total. The van der Waals surface area contributed by atoms with E-state index in [0.29, 0.717) is 29.0 Å². The maximum Gasteiger partial charge on any atom is 0.337 e. The zero-order valence-corrected chi connectivity index (χ0v) is 20.6. The molecule has 1 aliphatic carbocycles. The first-order valence-corrected chi connectivity index (χ1v) is 12.0. The molecule has 0 fully saturated rings. The molecule has 35 heavy (non-hydrogen) atoms. The first kappa shape index (κ1) is 24.5. The van der Waals surface area contributed by atoms with Crippen molar-refractivity contribution in [3.8, 4) is 11.5 Å². The van der Waals surface area contributed by atoms with Crippen LogP contribution in [0.15, 0.2) is 52.2 Å². The van der Waals surface area contributed by atoms with Crippen molar-refractivity contribution < 1.29 is 29.1 Å². The van der Waals surface area contributed by atoms with Gasteiger partial charge in [-0.15, -0.1) is 11.3 Å². The lowest BCUT2D eigenvalue weighted by atomic mass is 9.72. The SMILES string of the molecule is COc1cc([C@H]2C(C(=O)OC(C)C)=C(C)NC3=C2C(=O)C[C@H](c2cccs2)C3)cc([N+](=O)[O-])c1O. The average molecular weight is 499 g/mol. The molecule has 1 aromatic carbocycles. The highest BCUT2D eigenvalue weighted by Crippen LogP contribution is 2.49. The lowest BCUT2D eigenvalue weighted by Gasteiger charge is -2.36. The smallest absolute Gasteiger partial charge is 0.337 e. The number of nitrogens with zero attached hydrogens (tertiary/aromatic N) is 1. The van der Waals surface area contributed by atoms with Crippen molar-refractivity contribution >= 4 is 28.8 Å². The van der Waals surface area contributed by atoms with Gasteiger partial charge < -0.3 is 19.9 Å². The molecule has 1 aliphatic heterocycles. The summed E-state index contributed by atoms with van der Waals surface area (Å²) in [4.78, 5) is 38.8. The van der Waals surface area contributed by atoms with Gasteiger partial charge in [0.1, 0.15) is 0 Å². The van der Waals surface area contributed by atoms with E-state index in [-0.39, 0.29) is 29.4 Å². The van der Waals surface area contributed by atoms with Crippen molar-refractivity contribution in [3.05, 3.63) is 72.7 Å². The number of methoxy groups -OCH3 is 1. The minimum Gasteiger partial charge on any atom is -0.500 e. The maximum absolute atomic E-state index is 13.6. The third kappa shape index (κ3) is 4.53. The lowest BCUT2D eigenvalue weighted by Crippen LogP contribution is -2.36. The van der Waals surface area contributed by atoms with Crippen LogP contribution in [0.1, 0.15) is 55.9 Å². The second kappa shape index (κ2) is 9.53. The van der Waals surface area contributed by atoms with Crippen molar-refractivity contribution in [2.24, 2.45) is 0 Å². The quantitative estimate of drug-likeness (QED) is 0.334. The van der Waals surface area contributed by atoms with Gasteiger partial charge in [0.2, 0.25) is 5.75 Å². The van der Waals surface area contributed by atoms with Crippen molar-refractivity contribution in [3.63, 3.8) is 0 Å². The summed E-state index contributed by atoms with van der Waals surface area (Å²) in [6.07, 6.45) is 0.396. The summed E-state index contributed by atoms with van der Waals surface area (Å²) in [7, 11) is 1.28. The van der Waals surface area contributed by atoms with Gasteiger partial charge in [-0.25, -0.2) is 4.79 Å². The fourth-order valence-corrected chi connectivity index (χ4v) is 5.55. The zero-order chi connectivity index (χ0) is 25.4. The number of dihydropyridines is 1. The number of phenolic OH excluding ortho intramolecular Hbond substituents is 1. The number of Topliss-reactive ketones (excluding diaryl/α,β-unsaturated/α-hetero) is 1. The number of phenols is 1. The number of nitro groups is 1. The average Bonchev–Trinajstić information content (AvgIpc) is 3.32. The molecule has 0 unspecified atom stereocenters. The number of benzene rings is 1. The van der Waals surface area contributed by atoms with E-state index in [1.807, 2.05) is 17.5 Å². The molecule has 184 valence electrons. The van der Waals surface area contributed by atoms with E-state index >= 15 is 0 Å². The highest BCUT2D eigenvalue weighted by molar-refractivity contribution is 7.10. The number of thiophene rings is 1. The number of nitrogens with one attached hydrogen (secondary N) is 1. The number of esters is 1. The van der Waals surface area contributed by atoms with E-state index in [1.54, 1.807) is 32.1 Å². The Labute approximate surface area is 206 Å². The monoisotopic (exact) mass is 498 g/mol. The minimum atomic E-state index is -0.914. The minimum absolute atomic E-state index is 0.00458. The van der Waals surface area contributed by atoms with E-state index < -0.39 is 34.4 Å². The second-order valence-corrected chi connectivity index (χ2v) is 9.81. The number of ether oxygens (including phenoxy) is 2. The molecule has 9 nitrogen and oxygen atoms in total. The van der Waals surface area contributed by atoms with Crippen LogP contribution in [-0.2, 0) is 14.3 Å². The predicted octanol–water partition coefficient (Wildman–Crippen LogP) is 4.68. The predicted molar refractivity (Wildman–Crippen MR) is 129 cm³/mol. The van der Waals surface area contributed by atoms with Gasteiger partial charge in [-0.3, -0.25) is 14.9 Å². The van der Waals surface area contributed by atoms with Crippen LogP contribution in [0.2, 0.25) is 0 Å². The van der Waals surface area contributed by atoms with E-state index in [1.165, 1.54) is 19.2 Å². The molecule has 0 saturated heterocycles. The Kier molecular flexibility index (Phi) is 6.66. The van der Waals surface area contributed by atoms with Gasteiger partial charge >= 0.3 is 11.7 Å². The van der Waals surface area contributed by atoms with Crippen molar-refractivity contribution in [2.75, 3.05) is 7.11 Å². The molecule has 4 rings (SSSR count). The van der Waals surface area contributed by atoms with Crippen LogP contribution in [0.4, 0.5) is 5.69 Å². The summed E-state index contributed by atoms with van der Waals surface area (Å²) in [5, 5.41) is 27.2. The summed E-state index contributed by atoms with van der Waals surface area (Å²) in [5.41, 5.74) is 1.47. The Bertz CT molecular complexity index is 1260. The molecule has 2 aliphatic rings. The Morgan fingerprint density at radius 1 is 1.31 bits per heavy atom. The van der Waals surface area contributed by atoms with Crippen LogP contribution in [0, 0.1) is 10.1 Å².